The Balaban J connectivity index is 1.57. The summed E-state index contributed by atoms with van der Waals surface area (Å²) in [6.07, 6.45) is -1.52. The van der Waals surface area contributed by atoms with E-state index in [1.165, 1.54) is 12.1 Å². The van der Waals surface area contributed by atoms with Crippen LogP contribution >= 0.6 is 0 Å². The maximum Gasteiger partial charge on any atom is 0.416 e. The van der Waals surface area contributed by atoms with Crippen LogP contribution in [-0.2, 0) is 6.18 Å². The van der Waals surface area contributed by atoms with Crippen LogP contribution in [0.3, 0.4) is 0 Å². The summed E-state index contributed by atoms with van der Waals surface area (Å²) in [5.74, 6) is 1.03. The summed E-state index contributed by atoms with van der Waals surface area (Å²) < 4.78 is 38.1. The molecule has 1 aliphatic carbocycles. The number of alkyl halides is 3. The van der Waals surface area contributed by atoms with Gasteiger partial charge in [-0.3, -0.25) is 4.99 Å². The SMILES string of the molecule is FC(F)(F)c1cccc(C2CC(NC3=NCCCN3)C2)c1. The molecule has 6 heteroatoms. The zero-order valence-electron chi connectivity index (χ0n) is 11.6. The fourth-order valence-electron chi connectivity index (χ4n) is 2.80. The van der Waals surface area contributed by atoms with Crippen molar-refractivity contribution in [3.05, 3.63) is 35.4 Å². The first kappa shape index (κ1) is 14.2. The molecule has 3 nitrogen and oxygen atoms in total. The van der Waals surface area contributed by atoms with E-state index in [0.717, 1.165) is 49.9 Å². The van der Waals surface area contributed by atoms with E-state index < -0.39 is 11.7 Å². The van der Waals surface area contributed by atoms with Gasteiger partial charge in [0.15, 0.2) is 5.96 Å². The third-order valence-corrected chi connectivity index (χ3v) is 4.06. The van der Waals surface area contributed by atoms with Gasteiger partial charge in [-0.15, -0.1) is 0 Å². The normalized spacial score (nSPS) is 25.6. The number of aliphatic imine (C=N–C) groups is 1. The Hall–Kier alpha value is -1.72. The van der Waals surface area contributed by atoms with Crippen LogP contribution in [0.4, 0.5) is 13.2 Å². The molecule has 3 rings (SSSR count). The molecule has 21 heavy (non-hydrogen) atoms. The molecule has 0 radical (unpaired) electrons. The largest absolute Gasteiger partial charge is 0.416 e. The van der Waals surface area contributed by atoms with Crippen LogP contribution in [0.1, 0.15) is 36.3 Å². The van der Waals surface area contributed by atoms with Gasteiger partial charge >= 0.3 is 6.18 Å². The van der Waals surface area contributed by atoms with Crippen molar-refractivity contribution in [1.29, 1.82) is 0 Å². The number of guanidine groups is 1. The van der Waals surface area contributed by atoms with Gasteiger partial charge in [0.1, 0.15) is 0 Å². The molecule has 1 heterocycles. The maximum atomic E-state index is 12.7. The van der Waals surface area contributed by atoms with Gasteiger partial charge in [-0.05, 0) is 36.8 Å². The first-order valence-electron chi connectivity index (χ1n) is 7.24. The molecule has 1 fully saturated rings. The first-order chi connectivity index (χ1) is 10.0. The molecule has 1 aromatic rings. The summed E-state index contributed by atoms with van der Waals surface area (Å²) in [5, 5.41) is 6.51. The number of hydrogen-bond acceptors (Lipinski definition) is 3. The van der Waals surface area contributed by atoms with E-state index in [2.05, 4.69) is 15.6 Å². The summed E-state index contributed by atoms with van der Waals surface area (Å²) >= 11 is 0. The Morgan fingerprint density at radius 1 is 1.24 bits per heavy atom. The number of hydrogen-bond donors (Lipinski definition) is 2. The van der Waals surface area contributed by atoms with E-state index in [4.69, 9.17) is 0 Å². The van der Waals surface area contributed by atoms with Crippen molar-refractivity contribution in [2.45, 2.75) is 37.4 Å². The lowest BCUT2D eigenvalue weighted by atomic mass is 9.75. The zero-order valence-corrected chi connectivity index (χ0v) is 11.6. The summed E-state index contributed by atoms with van der Waals surface area (Å²) in [6.45, 7) is 1.76. The summed E-state index contributed by atoms with van der Waals surface area (Å²) in [6, 6.07) is 5.97. The van der Waals surface area contributed by atoms with Gasteiger partial charge in [-0.1, -0.05) is 18.2 Å². The molecule has 0 bridgehead atoms. The van der Waals surface area contributed by atoms with Gasteiger partial charge in [-0.2, -0.15) is 13.2 Å². The first-order valence-corrected chi connectivity index (χ1v) is 7.24. The molecule has 2 N–H and O–H groups in total. The van der Waals surface area contributed by atoms with Gasteiger partial charge in [-0.25, -0.2) is 0 Å². The molecular weight excluding hydrogens is 279 g/mol. The van der Waals surface area contributed by atoms with Crippen LogP contribution in [0.15, 0.2) is 29.3 Å². The van der Waals surface area contributed by atoms with E-state index in [1.807, 2.05) is 0 Å². The monoisotopic (exact) mass is 297 g/mol. The maximum absolute atomic E-state index is 12.7. The van der Waals surface area contributed by atoms with Crippen molar-refractivity contribution in [2.24, 2.45) is 4.99 Å². The van der Waals surface area contributed by atoms with Crippen LogP contribution in [0.2, 0.25) is 0 Å². The molecule has 0 atom stereocenters. The van der Waals surface area contributed by atoms with E-state index in [-0.39, 0.29) is 5.92 Å². The minimum atomic E-state index is -4.27. The number of halogens is 3. The van der Waals surface area contributed by atoms with Gasteiger partial charge in [0, 0.05) is 19.1 Å². The smallest absolute Gasteiger partial charge is 0.356 e. The van der Waals surface area contributed by atoms with E-state index >= 15 is 0 Å². The fourth-order valence-corrected chi connectivity index (χ4v) is 2.80. The average Bonchev–Trinajstić information content (AvgIpc) is 2.43. The minimum Gasteiger partial charge on any atom is -0.356 e. The molecule has 0 saturated heterocycles. The van der Waals surface area contributed by atoms with E-state index in [9.17, 15) is 13.2 Å². The molecule has 0 amide bonds. The average molecular weight is 297 g/mol. The molecule has 0 spiro atoms. The van der Waals surface area contributed by atoms with E-state index in [0.29, 0.717) is 6.04 Å². The molecular formula is C15H18F3N3. The summed E-state index contributed by atoms with van der Waals surface area (Å²) in [4.78, 5) is 4.34. The molecule has 0 aromatic heterocycles. The Labute approximate surface area is 121 Å². The highest BCUT2D eigenvalue weighted by atomic mass is 19.4. The second-order valence-electron chi connectivity index (χ2n) is 5.64. The quantitative estimate of drug-likeness (QED) is 0.880. The van der Waals surface area contributed by atoms with Crippen molar-refractivity contribution in [3.8, 4) is 0 Å². The van der Waals surface area contributed by atoms with Crippen LogP contribution < -0.4 is 10.6 Å². The van der Waals surface area contributed by atoms with Crippen LogP contribution in [0.25, 0.3) is 0 Å². The van der Waals surface area contributed by atoms with Gasteiger partial charge < -0.3 is 10.6 Å². The lowest BCUT2D eigenvalue weighted by molar-refractivity contribution is -0.137. The summed E-state index contributed by atoms with van der Waals surface area (Å²) in [5.41, 5.74) is 0.219. The molecule has 0 unspecified atom stereocenters. The Bertz CT molecular complexity index is 533. The number of benzene rings is 1. The summed E-state index contributed by atoms with van der Waals surface area (Å²) in [7, 11) is 0. The molecule has 1 aromatic carbocycles. The third-order valence-electron chi connectivity index (χ3n) is 4.06. The highest BCUT2D eigenvalue weighted by Gasteiger charge is 2.34. The van der Waals surface area contributed by atoms with Crippen LogP contribution in [0, 0.1) is 0 Å². The molecule has 2 aliphatic rings. The van der Waals surface area contributed by atoms with Crippen molar-refractivity contribution < 1.29 is 13.2 Å². The van der Waals surface area contributed by atoms with E-state index in [1.54, 1.807) is 6.07 Å². The second kappa shape index (κ2) is 5.58. The standard InChI is InChI=1S/C15H18F3N3/c16-15(17,18)12-4-1-3-10(7-12)11-8-13(9-11)21-14-19-5-2-6-20-14/h1,3-4,7,11,13H,2,5-6,8-9H2,(H2,19,20,21). The van der Waals surface area contributed by atoms with Crippen molar-refractivity contribution >= 4 is 5.96 Å². The van der Waals surface area contributed by atoms with Gasteiger partial charge in [0.2, 0.25) is 0 Å². The number of nitrogens with zero attached hydrogens (tertiary/aromatic N) is 1. The highest BCUT2D eigenvalue weighted by Crippen LogP contribution is 2.39. The van der Waals surface area contributed by atoms with Gasteiger partial charge in [0.05, 0.1) is 5.56 Å². The molecule has 114 valence electrons. The fraction of sp³-hybridized carbons (Fsp3) is 0.533. The number of rotatable bonds is 2. The third kappa shape index (κ3) is 3.31. The molecule has 1 saturated carbocycles. The van der Waals surface area contributed by atoms with Crippen LogP contribution in [0.5, 0.6) is 0 Å². The minimum absolute atomic E-state index is 0.203. The zero-order chi connectivity index (χ0) is 14.9. The highest BCUT2D eigenvalue weighted by molar-refractivity contribution is 5.80. The Morgan fingerprint density at radius 3 is 2.71 bits per heavy atom. The predicted molar refractivity (Wildman–Crippen MR) is 75.3 cm³/mol. The Morgan fingerprint density at radius 2 is 2.05 bits per heavy atom. The number of nitrogens with one attached hydrogen (secondary N) is 2. The van der Waals surface area contributed by atoms with Crippen molar-refractivity contribution in [1.82, 2.24) is 10.6 Å². The van der Waals surface area contributed by atoms with Crippen molar-refractivity contribution in [2.75, 3.05) is 13.1 Å². The van der Waals surface area contributed by atoms with Crippen LogP contribution in [-0.4, -0.2) is 25.1 Å². The topological polar surface area (TPSA) is 36.4 Å². The second-order valence-corrected chi connectivity index (χ2v) is 5.64. The molecule has 1 aliphatic heterocycles. The lowest BCUT2D eigenvalue weighted by Gasteiger charge is -2.37. The lowest BCUT2D eigenvalue weighted by Crippen LogP contribution is -2.50. The van der Waals surface area contributed by atoms with Crippen molar-refractivity contribution in [3.63, 3.8) is 0 Å². The Kier molecular flexibility index (Phi) is 3.78. The predicted octanol–water partition coefficient (Wildman–Crippen LogP) is 2.89. The van der Waals surface area contributed by atoms with Gasteiger partial charge in [0.25, 0.3) is 0 Å².